The Hall–Kier alpha value is -2.43. The third kappa shape index (κ3) is 2.86. The molecule has 2 aromatic rings. The van der Waals surface area contributed by atoms with Crippen LogP contribution in [-0.4, -0.2) is 38.3 Å². The first-order valence-electron chi connectivity index (χ1n) is 7.12. The van der Waals surface area contributed by atoms with Crippen molar-refractivity contribution in [2.45, 2.75) is 0 Å². The summed E-state index contributed by atoms with van der Waals surface area (Å²) in [5.74, 6) is 1.78. The largest absolute Gasteiger partial charge is 0.497 e. The van der Waals surface area contributed by atoms with E-state index in [-0.39, 0.29) is 0 Å². The molecule has 3 rings (SSSR count). The summed E-state index contributed by atoms with van der Waals surface area (Å²) < 4.78 is 5.29. The molecule has 2 N–H and O–H groups in total. The lowest BCUT2D eigenvalue weighted by Gasteiger charge is -2.37. The van der Waals surface area contributed by atoms with Gasteiger partial charge in [0.1, 0.15) is 5.75 Å². The lowest BCUT2D eigenvalue weighted by atomic mass is 10.2. The number of ether oxygens (including phenoxy) is 1. The highest BCUT2D eigenvalue weighted by atomic mass is 16.5. The monoisotopic (exact) mass is 284 g/mol. The first-order valence-corrected chi connectivity index (χ1v) is 7.12. The van der Waals surface area contributed by atoms with E-state index in [9.17, 15) is 0 Å². The van der Waals surface area contributed by atoms with Crippen molar-refractivity contribution < 1.29 is 4.74 Å². The van der Waals surface area contributed by atoms with Gasteiger partial charge in [-0.05, 0) is 24.3 Å². The van der Waals surface area contributed by atoms with E-state index in [0.717, 1.165) is 43.4 Å². The Morgan fingerprint density at radius 3 is 2.52 bits per heavy atom. The standard InChI is InChI=1S/C16H20N4O/c1-21-14-5-2-4-13(12-14)19-8-10-20(11-9-19)16-15(17)6-3-7-18-16/h2-7,12H,8-11,17H2,1H3. The topological polar surface area (TPSA) is 54.6 Å². The van der Waals surface area contributed by atoms with Crippen molar-refractivity contribution in [2.24, 2.45) is 0 Å². The third-order valence-electron chi connectivity index (χ3n) is 3.81. The van der Waals surface area contributed by atoms with Gasteiger partial charge in [-0.1, -0.05) is 6.07 Å². The number of benzene rings is 1. The number of piperazine rings is 1. The van der Waals surface area contributed by atoms with Crippen molar-refractivity contribution in [1.29, 1.82) is 0 Å². The quantitative estimate of drug-likeness (QED) is 0.934. The van der Waals surface area contributed by atoms with Crippen LogP contribution in [0.25, 0.3) is 0 Å². The number of rotatable bonds is 3. The summed E-state index contributed by atoms with van der Waals surface area (Å²) in [7, 11) is 1.70. The Morgan fingerprint density at radius 2 is 1.81 bits per heavy atom. The fourth-order valence-electron chi connectivity index (χ4n) is 2.66. The number of nitrogens with zero attached hydrogens (tertiary/aromatic N) is 3. The number of methoxy groups -OCH3 is 1. The van der Waals surface area contributed by atoms with Gasteiger partial charge in [-0.15, -0.1) is 0 Å². The molecule has 21 heavy (non-hydrogen) atoms. The van der Waals surface area contributed by atoms with Crippen molar-refractivity contribution in [3.05, 3.63) is 42.6 Å². The molecule has 0 amide bonds. The summed E-state index contributed by atoms with van der Waals surface area (Å²) in [4.78, 5) is 8.99. The zero-order valence-electron chi connectivity index (χ0n) is 12.2. The molecule has 0 spiro atoms. The number of hydrogen-bond donors (Lipinski definition) is 1. The van der Waals surface area contributed by atoms with Gasteiger partial charge in [0.15, 0.2) is 5.82 Å². The van der Waals surface area contributed by atoms with Gasteiger partial charge < -0.3 is 20.3 Å². The van der Waals surface area contributed by atoms with Crippen molar-refractivity contribution in [1.82, 2.24) is 4.98 Å². The molecule has 5 heteroatoms. The summed E-state index contributed by atoms with van der Waals surface area (Å²) >= 11 is 0. The Bertz CT molecular complexity index is 609. The molecule has 1 aliphatic heterocycles. The highest BCUT2D eigenvalue weighted by molar-refractivity contribution is 5.63. The molecular weight excluding hydrogens is 264 g/mol. The van der Waals surface area contributed by atoms with Crippen LogP contribution in [0.1, 0.15) is 0 Å². The third-order valence-corrected chi connectivity index (χ3v) is 3.81. The van der Waals surface area contributed by atoms with Gasteiger partial charge in [0.2, 0.25) is 0 Å². The zero-order chi connectivity index (χ0) is 14.7. The predicted molar refractivity (Wildman–Crippen MR) is 86.1 cm³/mol. The first kappa shape index (κ1) is 13.5. The number of aromatic nitrogens is 1. The molecule has 0 aliphatic carbocycles. The lowest BCUT2D eigenvalue weighted by molar-refractivity contribution is 0.414. The van der Waals surface area contributed by atoms with Gasteiger partial charge in [-0.3, -0.25) is 0 Å². The fourth-order valence-corrected chi connectivity index (χ4v) is 2.66. The first-order chi connectivity index (χ1) is 10.3. The van der Waals surface area contributed by atoms with E-state index >= 15 is 0 Å². The van der Waals surface area contributed by atoms with E-state index in [0.29, 0.717) is 0 Å². The van der Waals surface area contributed by atoms with Crippen LogP contribution in [0.4, 0.5) is 17.2 Å². The number of nitrogen functional groups attached to an aromatic ring is 1. The highest BCUT2D eigenvalue weighted by Gasteiger charge is 2.19. The molecular formula is C16H20N4O. The van der Waals surface area contributed by atoms with Crippen molar-refractivity contribution in [3.63, 3.8) is 0 Å². The van der Waals surface area contributed by atoms with E-state index in [1.807, 2.05) is 24.3 Å². The van der Waals surface area contributed by atoms with Crippen LogP contribution in [0, 0.1) is 0 Å². The SMILES string of the molecule is COc1cccc(N2CCN(c3ncccc3N)CC2)c1. The van der Waals surface area contributed by atoms with Crippen molar-refractivity contribution in [3.8, 4) is 5.75 Å². The molecule has 5 nitrogen and oxygen atoms in total. The average molecular weight is 284 g/mol. The van der Waals surface area contributed by atoms with E-state index in [1.165, 1.54) is 5.69 Å². The molecule has 0 atom stereocenters. The minimum absolute atomic E-state index is 0.743. The maximum absolute atomic E-state index is 6.00. The van der Waals surface area contributed by atoms with Gasteiger partial charge in [-0.2, -0.15) is 0 Å². The molecule has 1 aromatic heterocycles. The minimum atomic E-state index is 0.743. The number of nitrogens with two attached hydrogens (primary N) is 1. The second-order valence-electron chi connectivity index (χ2n) is 5.09. The van der Waals surface area contributed by atoms with Gasteiger partial charge in [0, 0.05) is 44.1 Å². The summed E-state index contributed by atoms with van der Waals surface area (Å²) in [6, 6.07) is 12.0. The number of anilines is 3. The Labute approximate surface area is 125 Å². The van der Waals surface area contributed by atoms with Crippen LogP contribution < -0.4 is 20.3 Å². The molecule has 1 aromatic carbocycles. The number of pyridine rings is 1. The molecule has 2 heterocycles. The Balaban J connectivity index is 1.69. The van der Waals surface area contributed by atoms with E-state index in [1.54, 1.807) is 13.3 Å². The fraction of sp³-hybridized carbons (Fsp3) is 0.312. The van der Waals surface area contributed by atoms with Gasteiger partial charge in [0.25, 0.3) is 0 Å². The van der Waals surface area contributed by atoms with E-state index in [4.69, 9.17) is 10.5 Å². The van der Waals surface area contributed by atoms with Crippen LogP contribution in [0.3, 0.4) is 0 Å². The van der Waals surface area contributed by atoms with Crippen molar-refractivity contribution in [2.75, 3.05) is 48.8 Å². The Kier molecular flexibility index (Phi) is 3.81. The predicted octanol–water partition coefficient (Wildman–Crippen LogP) is 2.00. The summed E-state index contributed by atoms with van der Waals surface area (Å²) in [6.07, 6.45) is 1.79. The normalized spacial score (nSPS) is 15.1. The smallest absolute Gasteiger partial charge is 0.151 e. The van der Waals surface area contributed by atoms with E-state index in [2.05, 4.69) is 26.9 Å². The van der Waals surface area contributed by atoms with Crippen LogP contribution in [0.2, 0.25) is 0 Å². The number of hydrogen-bond acceptors (Lipinski definition) is 5. The molecule has 1 aliphatic rings. The van der Waals surface area contributed by atoms with Gasteiger partial charge in [0.05, 0.1) is 12.8 Å². The minimum Gasteiger partial charge on any atom is -0.497 e. The molecule has 0 radical (unpaired) electrons. The van der Waals surface area contributed by atoms with Crippen LogP contribution in [0.15, 0.2) is 42.6 Å². The van der Waals surface area contributed by atoms with E-state index < -0.39 is 0 Å². The highest BCUT2D eigenvalue weighted by Crippen LogP contribution is 2.25. The van der Waals surface area contributed by atoms with Crippen LogP contribution in [0.5, 0.6) is 5.75 Å². The van der Waals surface area contributed by atoms with Gasteiger partial charge in [-0.25, -0.2) is 4.98 Å². The summed E-state index contributed by atoms with van der Waals surface area (Å²) in [6.45, 7) is 3.73. The van der Waals surface area contributed by atoms with Crippen LogP contribution in [-0.2, 0) is 0 Å². The average Bonchev–Trinajstić information content (AvgIpc) is 2.56. The Morgan fingerprint density at radius 1 is 1.05 bits per heavy atom. The maximum Gasteiger partial charge on any atom is 0.151 e. The molecule has 0 bridgehead atoms. The second-order valence-corrected chi connectivity index (χ2v) is 5.09. The molecule has 0 unspecified atom stereocenters. The molecule has 0 saturated carbocycles. The van der Waals surface area contributed by atoms with Crippen molar-refractivity contribution >= 4 is 17.2 Å². The molecule has 110 valence electrons. The molecule has 1 saturated heterocycles. The second kappa shape index (κ2) is 5.91. The molecule has 1 fully saturated rings. The van der Waals surface area contributed by atoms with Crippen LogP contribution >= 0.6 is 0 Å². The maximum atomic E-state index is 6.00. The summed E-state index contributed by atoms with van der Waals surface area (Å²) in [5.41, 5.74) is 7.94. The lowest BCUT2D eigenvalue weighted by Crippen LogP contribution is -2.47. The van der Waals surface area contributed by atoms with Gasteiger partial charge >= 0.3 is 0 Å². The zero-order valence-corrected chi connectivity index (χ0v) is 12.2. The summed E-state index contributed by atoms with van der Waals surface area (Å²) in [5, 5.41) is 0.